The molecule has 216 valence electrons. The largest absolute Gasteiger partial charge is 0.497 e. The summed E-state index contributed by atoms with van der Waals surface area (Å²) in [7, 11) is 1.71. The molecule has 3 fully saturated rings. The molecule has 40 heavy (non-hydrogen) atoms. The molecule has 1 heterocycles. The van der Waals surface area contributed by atoms with Crippen LogP contribution in [0.5, 0.6) is 5.75 Å². The number of methoxy groups -OCH3 is 1. The SMILES string of the molecule is COc1cccc([C@@]23CCN(CC4CC4)C[C@H]2C(OC(C)=O)C[C@H](NC(=O)CCCCCc2ccccc2)C3)c1. The van der Waals surface area contributed by atoms with Crippen LogP contribution in [0.1, 0.15) is 75.8 Å². The fourth-order valence-electron chi connectivity index (χ4n) is 7.21. The summed E-state index contributed by atoms with van der Waals surface area (Å²) in [6.45, 7) is 4.60. The van der Waals surface area contributed by atoms with Crippen LogP contribution in [0.3, 0.4) is 0 Å². The number of carbonyl (C=O) groups is 2. The lowest BCUT2D eigenvalue weighted by molar-refractivity contribution is -0.157. The first-order valence-electron chi connectivity index (χ1n) is 15.3. The summed E-state index contributed by atoms with van der Waals surface area (Å²) >= 11 is 0. The smallest absolute Gasteiger partial charge is 0.302 e. The maximum absolute atomic E-state index is 13.1. The molecular formula is C34H46N2O4. The number of benzene rings is 2. The molecule has 0 spiro atoms. The molecule has 0 aromatic heterocycles. The van der Waals surface area contributed by atoms with Crippen LogP contribution in [0.4, 0.5) is 0 Å². The van der Waals surface area contributed by atoms with Crippen LogP contribution in [0.2, 0.25) is 0 Å². The number of hydrogen-bond donors (Lipinski definition) is 1. The third kappa shape index (κ3) is 7.25. The van der Waals surface area contributed by atoms with Crippen LogP contribution in [0.15, 0.2) is 54.6 Å². The molecule has 0 bridgehead atoms. The molecule has 2 aromatic rings. The molecule has 1 saturated heterocycles. The third-order valence-electron chi connectivity index (χ3n) is 9.37. The molecule has 1 amide bonds. The predicted molar refractivity (Wildman–Crippen MR) is 157 cm³/mol. The van der Waals surface area contributed by atoms with Crippen molar-refractivity contribution in [1.29, 1.82) is 0 Å². The summed E-state index contributed by atoms with van der Waals surface area (Å²) < 4.78 is 11.7. The summed E-state index contributed by atoms with van der Waals surface area (Å²) in [6, 6.07) is 18.9. The molecule has 2 saturated carbocycles. The highest BCUT2D eigenvalue weighted by atomic mass is 16.5. The van der Waals surface area contributed by atoms with Gasteiger partial charge in [0.05, 0.1) is 7.11 Å². The van der Waals surface area contributed by atoms with E-state index in [9.17, 15) is 9.59 Å². The van der Waals surface area contributed by atoms with Crippen LogP contribution in [0, 0.1) is 11.8 Å². The van der Waals surface area contributed by atoms with Crippen molar-refractivity contribution in [3.8, 4) is 5.75 Å². The Morgan fingerprint density at radius 1 is 1.05 bits per heavy atom. The average Bonchev–Trinajstić information content (AvgIpc) is 3.77. The number of piperidine rings is 1. The van der Waals surface area contributed by atoms with Gasteiger partial charge in [0.15, 0.2) is 0 Å². The molecule has 4 atom stereocenters. The highest BCUT2D eigenvalue weighted by molar-refractivity contribution is 5.76. The minimum atomic E-state index is -0.241. The zero-order valence-electron chi connectivity index (χ0n) is 24.3. The van der Waals surface area contributed by atoms with E-state index in [1.54, 1.807) is 7.11 Å². The number of nitrogens with one attached hydrogen (secondary N) is 1. The number of fused-ring (bicyclic) bond motifs is 1. The van der Waals surface area contributed by atoms with E-state index >= 15 is 0 Å². The van der Waals surface area contributed by atoms with Gasteiger partial charge in [-0.1, -0.05) is 48.9 Å². The normalized spacial score (nSPS) is 26.5. The summed E-state index contributed by atoms with van der Waals surface area (Å²) in [5.41, 5.74) is 2.41. The quantitative estimate of drug-likeness (QED) is 0.274. The van der Waals surface area contributed by atoms with E-state index in [2.05, 4.69) is 52.7 Å². The van der Waals surface area contributed by atoms with Gasteiger partial charge in [-0.05, 0) is 80.7 Å². The number of hydrogen-bond acceptors (Lipinski definition) is 5. The monoisotopic (exact) mass is 546 g/mol. The van der Waals surface area contributed by atoms with Crippen LogP contribution < -0.4 is 10.1 Å². The number of rotatable bonds is 12. The van der Waals surface area contributed by atoms with Gasteiger partial charge in [0, 0.05) is 50.2 Å². The third-order valence-corrected chi connectivity index (χ3v) is 9.37. The van der Waals surface area contributed by atoms with Crippen molar-refractivity contribution in [3.63, 3.8) is 0 Å². The summed E-state index contributed by atoms with van der Waals surface area (Å²) in [5.74, 6) is 1.71. The fraction of sp³-hybridized carbons (Fsp3) is 0.588. The second-order valence-corrected chi connectivity index (χ2v) is 12.3. The van der Waals surface area contributed by atoms with Gasteiger partial charge in [-0.25, -0.2) is 0 Å². The highest BCUT2D eigenvalue weighted by Gasteiger charge is 2.54. The fourth-order valence-corrected chi connectivity index (χ4v) is 7.21. The summed E-state index contributed by atoms with van der Waals surface area (Å²) in [5, 5.41) is 3.37. The van der Waals surface area contributed by atoms with E-state index < -0.39 is 0 Å². The Balaban J connectivity index is 1.27. The number of esters is 1. The number of likely N-dealkylation sites (tertiary alicyclic amines) is 1. The van der Waals surface area contributed by atoms with Crippen molar-refractivity contribution in [2.75, 3.05) is 26.7 Å². The van der Waals surface area contributed by atoms with E-state index in [1.807, 2.05) is 12.1 Å². The van der Waals surface area contributed by atoms with Crippen molar-refractivity contribution < 1.29 is 19.1 Å². The molecule has 3 aliphatic rings. The van der Waals surface area contributed by atoms with E-state index in [0.717, 1.165) is 69.8 Å². The number of ether oxygens (including phenoxy) is 2. The van der Waals surface area contributed by atoms with E-state index in [-0.39, 0.29) is 35.4 Å². The van der Waals surface area contributed by atoms with Gasteiger partial charge in [0.2, 0.25) is 5.91 Å². The zero-order valence-corrected chi connectivity index (χ0v) is 24.3. The average molecular weight is 547 g/mol. The molecule has 5 rings (SSSR count). The molecule has 1 unspecified atom stereocenters. The van der Waals surface area contributed by atoms with E-state index in [4.69, 9.17) is 9.47 Å². The number of nitrogens with zero attached hydrogens (tertiary/aromatic N) is 1. The molecule has 1 N–H and O–H groups in total. The van der Waals surface area contributed by atoms with Gasteiger partial charge in [0.25, 0.3) is 0 Å². The molecule has 0 radical (unpaired) electrons. The van der Waals surface area contributed by atoms with Crippen LogP contribution in [-0.2, 0) is 26.2 Å². The van der Waals surface area contributed by atoms with Gasteiger partial charge in [0.1, 0.15) is 11.9 Å². The number of unbranched alkanes of at least 4 members (excludes halogenated alkanes) is 2. The van der Waals surface area contributed by atoms with Crippen molar-refractivity contribution in [2.45, 2.75) is 88.7 Å². The first kappa shape index (κ1) is 28.7. The minimum Gasteiger partial charge on any atom is -0.497 e. The molecule has 2 aromatic carbocycles. The van der Waals surface area contributed by atoms with Gasteiger partial charge >= 0.3 is 5.97 Å². The molecule has 1 aliphatic heterocycles. The Hall–Kier alpha value is -2.86. The Morgan fingerprint density at radius 2 is 1.88 bits per heavy atom. The Morgan fingerprint density at radius 3 is 2.62 bits per heavy atom. The maximum Gasteiger partial charge on any atom is 0.302 e. The second-order valence-electron chi connectivity index (χ2n) is 12.3. The van der Waals surface area contributed by atoms with Crippen LogP contribution in [0.25, 0.3) is 0 Å². The predicted octanol–water partition coefficient (Wildman–Crippen LogP) is 5.68. The van der Waals surface area contributed by atoms with Crippen molar-refractivity contribution in [1.82, 2.24) is 10.2 Å². The van der Waals surface area contributed by atoms with Crippen LogP contribution >= 0.6 is 0 Å². The number of aryl methyl sites for hydroxylation is 1. The lowest BCUT2D eigenvalue weighted by Crippen LogP contribution is -2.61. The standard InChI is InChI=1S/C34H46N2O4/c1-25(37)40-32-21-29(35-33(38)15-8-4-7-12-26-10-5-3-6-11-26)22-34(28-13-9-14-30(20-28)39-2)18-19-36(24-31(32)34)23-27-16-17-27/h3,5-6,9-11,13-14,20,27,29,31-32H,4,7-8,12,15-19,21-24H2,1-2H3,(H,35,38)/t29-,31-,32?,34-/m0/s1. The highest BCUT2D eigenvalue weighted by Crippen LogP contribution is 2.51. The second kappa shape index (κ2) is 13.2. The topological polar surface area (TPSA) is 67.9 Å². The van der Waals surface area contributed by atoms with Crippen molar-refractivity contribution in [3.05, 3.63) is 65.7 Å². The number of carbonyl (C=O) groups excluding carboxylic acids is 2. The Bertz CT molecular complexity index is 1130. The lowest BCUT2D eigenvalue weighted by Gasteiger charge is -2.55. The molecule has 2 aliphatic carbocycles. The van der Waals surface area contributed by atoms with E-state index in [0.29, 0.717) is 12.8 Å². The first-order chi connectivity index (χ1) is 19.4. The molecule has 6 nitrogen and oxygen atoms in total. The van der Waals surface area contributed by atoms with Crippen molar-refractivity contribution in [2.24, 2.45) is 11.8 Å². The van der Waals surface area contributed by atoms with Crippen molar-refractivity contribution >= 4 is 11.9 Å². The first-order valence-corrected chi connectivity index (χ1v) is 15.3. The van der Waals surface area contributed by atoms with E-state index in [1.165, 1.54) is 30.9 Å². The number of amides is 1. The minimum absolute atomic E-state index is 0.0291. The Kier molecular flexibility index (Phi) is 9.46. The van der Waals surface area contributed by atoms with Gasteiger partial charge in [-0.15, -0.1) is 0 Å². The molecular weight excluding hydrogens is 500 g/mol. The summed E-state index contributed by atoms with van der Waals surface area (Å²) in [4.78, 5) is 28.0. The lowest BCUT2D eigenvalue weighted by atomic mass is 9.57. The van der Waals surface area contributed by atoms with Crippen LogP contribution in [-0.4, -0.2) is 55.7 Å². The summed E-state index contributed by atoms with van der Waals surface area (Å²) in [6.07, 6.45) is 9.56. The van der Waals surface area contributed by atoms with Gasteiger partial charge < -0.3 is 19.7 Å². The van der Waals surface area contributed by atoms with Gasteiger partial charge in [-0.3, -0.25) is 9.59 Å². The maximum atomic E-state index is 13.1. The molecule has 6 heteroatoms. The zero-order chi connectivity index (χ0) is 28.0. The Labute approximate surface area is 239 Å². The van der Waals surface area contributed by atoms with Gasteiger partial charge in [-0.2, -0.15) is 0 Å².